The van der Waals surface area contributed by atoms with Gasteiger partial charge in [-0.15, -0.1) is 0 Å². The van der Waals surface area contributed by atoms with Gasteiger partial charge in [-0.25, -0.2) is 0 Å². The number of oxime groups is 1. The summed E-state index contributed by atoms with van der Waals surface area (Å²) >= 11 is 0. The third-order valence-corrected chi connectivity index (χ3v) is 3.54. The Bertz CT molecular complexity index is 946. The highest BCUT2D eigenvalue weighted by Gasteiger charge is 2.07. The van der Waals surface area contributed by atoms with Crippen molar-refractivity contribution >= 4 is 23.6 Å². The van der Waals surface area contributed by atoms with Crippen LogP contribution in [0.3, 0.4) is 0 Å². The monoisotopic (exact) mass is 395 g/mol. The molecule has 29 heavy (non-hydrogen) atoms. The molecule has 0 aliphatic carbocycles. The molecule has 10 nitrogen and oxygen atoms in total. The summed E-state index contributed by atoms with van der Waals surface area (Å²) in [6.45, 7) is 0.0599. The number of rotatable bonds is 9. The van der Waals surface area contributed by atoms with E-state index in [0.717, 1.165) is 6.34 Å². The van der Waals surface area contributed by atoms with E-state index in [4.69, 9.17) is 14.8 Å². The zero-order valence-corrected chi connectivity index (χ0v) is 15.4. The number of hydrogen-bond donors (Lipinski definition) is 2. The van der Waals surface area contributed by atoms with E-state index in [2.05, 4.69) is 15.8 Å². The van der Waals surface area contributed by atoms with Gasteiger partial charge in [-0.1, -0.05) is 5.16 Å². The normalized spacial score (nSPS) is 10.8. The van der Waals surface area contributed by atoms with Crippen LogP contribution >= 0.6 is 0 Å². The van der Waals surface area contributed by atoms with E-state index in [1.54, 1.807) is 37.4 Å². The smallest absolute Gasteiger partial charge is 0.269 e. The SMILES string of the molecule is COc1ccc(NC=C(C#N)C(=O)N/C=N/OCc2ccc([N+](=O)[O-])cc2)cc1. The molecular formula is C19H17N5O5. The van der Waals surface area contributed by atoms with Crippen LogP contribution in [0.2, 0.25) is 0 Å². The zero-order chi connectivity index (χ0) is 21.1. The molecular weight excluding hydrogens is 378 g/mol. The molecule has 2 aromatic rings. The van der Waals surface area contributed by atoms with Crippen LogP contribution in [0.5, 0.6) is 5.75 Å². The average Bonchev–Trinajstić information content (AvgIpc) is 2.74. The summed E-state index contributed by atoms with van der Waals surface area (Å²) in [5.41, 5.74) is 1.15. The number of benzene rings is 2. The van der Waals surface area contributed by atoms with Crippen molar-refractivity contribution in [1.29, 1.82) is 5.26 Å². The lowest BCUT2D eigenvalue weighted by molar-refractivity contribution is -0.384. The highest BCUT2D eigenvalue weighted by atomic mass is 16.6. The Balaban J connectivity index is 1.80. The van der Waals surface area contributed by atoms with E-state index >= 15 is 0 Å². The van der Waals surface area contributed by atoms with Crippen LogP contribution < -0.4 is 15.4 Å². The Kier molecular flexibility index (Phi) is 7.71. The summed E-state index contributed by atoms with van der Waals surface area (Å²) < 4.78 is 5.05. The van der Waals surface area contributed by atoms with Crippen molar-refractivity contribution in [2.75, 3.05) is 12.4 Å². The number of nitrogens with zero attached hydrogens (tertiary/aromatic N) is 3. The number of nitro benzene ring substituents is 1. The Hall–Kier alpha value is -4.39. The summed E-state index contributed by atoms with van der Waals surface area (Å²) in [6, 6.07) is 14.5. The number of amides is 1. The number of ether oxygens (including phenoxy) is 1. The summed E-state index contributed by atoms with van der Waals surface area (Å²) in [5.74, 6) is 0.0129. The molecule has 0 unspecified atom stereocenters. The second-order valence-corrected chi connectivity index (χ2v) is 5.45. The Morgan fingerprint density at radius 3 is 2.52 bits per heavy atom. The van der Waals surface area contributed by atoms with Gasteiger partial charge < -0.3 is 20.2 Å². The quantitative estimate of drug-likeness (QED) is 0.166. The summed E-state index contributed by atoms with van der Waals surface area (Å²) in [6.07, 6.45) is 2.27. The number of carbonyl (C=O) groups is 1. The van der Waals surface area contributed by atoms with Gasteiger partial charge in [-0.05, 0) is 42.0 Å². The predicted octanol–water partition coefficient (Wildman–Crippen LogP) is 2.70. The van der Waals surface area contributed by atoms with E-state index in [9.17, 15) is 14.9 Å². The fraction of sp³-hybridized carbons (Fsp3) is 0.105. The van der Waals surface area contributed by atoms with Crippen LogP contribution in [0.4, 0.5) is 11.4 Å². The maximum Gasteiger partial charge on any atom is 0.269 e. The first-order chi connectivity index (χ1) is 14.0. The van der Waals surface area contributed by atoms with Crippen LogP contribution in [0.15, 0.2) is 65.5 Å². The van der Waals surface area contributed by atoms with E-state index in [1.165, 1.54) is 30.5 Å². The lowest BCUT2D eigenvalue weighted by atomic mass is 10.2. The molecule has 0 saturated carbocycles. The molecule has 2 rings (SSSR count). The second kappa shape index (κ2) is 10.7. The van der Waals surface area contributed by atoms with Crippen molar-refractivity contribution < 1.29 is 19.3 Å². The topological polar surface area (TPSA) is 139 Å². The molecule has 0 atom stereocenters. The number of carbonyl (C=O) groups excluding carboxylic acids is 1. The van der Waals surface area contributed by atoms with Gasteiger partial charge in [0.05, 0.1) is 12.0 Å². The van der Waals surface area contributed by atoms with Gasteiger partial charge >= 0.3 is 0 Å². The molecule has 0 aromatic heterocycles. The molecule has 148 valence electrons. The largest absolute Gasteiger partial charge is 0.497 e. The number of non-ortho nitro benzene ring substituents is 1. The zero-order valence-electron chi connectivity index (χ0n) is 15.4. The predicted molar refractivity (Wildman–Crippen MR) is 105 cm³/mol. The van der Waals surface area contributed by atoms with Gasteiger partial charge in [-0.2, -0.15) is 5.26 Å². The molecule has 0 bridgehead atoms. The highest BCUT2D eigenvalue weighted by Crippen LogP contribution is 2.15. The van der Waals surface area contributed by atoms with Crippen LogP contribution in [-0.2, 0) is 16.2 Å². The standard InChI is InChI=1S/C19H17N5O5/c1-28-18-8-4-16(5-9-18)21-11-15(10-20)19(25)22-13-23-29-12-14-2-6-17(7-3-14)24(26)27/h2-9,11,13,21H,12H2,1H3,(H,22,23,25). The molecule has 0 radical (unpaired) electrons. The highest BCUT2D eigenvalue weighted by molar-refractivity contribution is 6.03. The first-order valence-electron chi connectivity index (χ1n) is 8.22. The minimum absolute atomic E-state index is 0.0245. The Morgan fingerprint density at radius 1 is 1.24 bits per heavy atom. The number of hydrogen-bond acceptors (Lipinski definition) is 8. The number of methoxy groups -OCH3 is 1. The van der Waals surface area contributed by atoms with Crippen molar-refractivity contribution in [2.24, 2.45) is 5.16 Å². The number of anilines is 1. The van der Waals surface area contributed by atoms with Crippen LogP contribution in [0.1, 0.15) is 5.56 Å². The number of nitrogens with one attached hydrogen (secondary N) is 2. The number of nitriles is 1. The van der Waals surface area contributed by atoms with Crippen LogP contribution in [0.25, 0.3) is 0 Å². The van der Waals surface area contributed by atoms with Gasteiger partial charge in [-0.3, -0.25) is 14.9 Å². The lowest BCUT2D eigenvalue weighted by Crippen LogP contribution is -2.23. The molecule has 0 aliphatic heterocycles. The van der Waals surface area contributed by atoms with Crippen molar-refractivity contribution in [3.8, 4) is 11.8 Å². The summed E-state index contributed by atoms with van der Waals surface area (Å²) in [7, 11) is 1.55. The third kappa shape index (κ3) is 6.69. The molecule has 1 amide bonds. The summed E-state index contributed by atoms with van der Waals surface area (Å²) in [4.78, 5) is 27.0. The fourth-order valence-corrected chi connectivity index (χ4v) is 2.02. The maximum absolute atomic E-state index is 12.0. The van der Waals surface area contributed by atoms with Gasteiger partial charge in [0.1, 0.15) is 30.3 Å². The molecule has 0 fully saturated rings. The Labute approximate surface area is 166 Å². The van der Waals surface area contributed by atoms with Crippen LogP contribution in [-0.4, -0.2) is 24.3 Å². The van der Waals surface area contributed by atoms with Gasteiger partial charge in [0.2, 0.25) is 0 Å². The van der Waals surface area contributed by atoms with Crippen molar-refractivity contribution in [2.45, 2.75) is 6.61 Å². The average molecular weight is 395 g/mol. The first kappa shape index (κ1) is 20.9. The molecule has 2 N–H and O–H groups in total. The van der Waals surface area contributed by atoms with Gasteiger partial charge in [0.25, 0.3) is 11.6 Å². The second-order valence-electron chi connectivity index (χ2n) is 5.45. The Morgan fingerprint density at radius 2 is 1.93 bits per heavy atom. The minimum atomic E-state index is -0.670. The van der Waals surface area contributed by atoms with Gasteiger partial charge in [0, 0.05) is 24.0 Å². The molecule has 0 saturated heterocycles. The van der Waals surface area contributed by atoms with Crippen LogP contribution in [0, 0.1) is 21.4 Å². The van der Waals surface area contributed by atoms with Gasteiger partial charge in [0.15, 0.2) is 0 Å². The van der Waals surface area contributed by atoms with E-state index < -0.39 is 10.8 Å². The van der Waals surface area contributed by atoms with E-state index in [-0.39, 0.29) is 17.9 Å². The van der Waals surface area contributed by atoms with Crippen molar-refractivity contribution in [3.63, 3.8) is 0 Å². The van der Waals surface area contributed by atoms with Crippen molar-refractivity contribution in [1.82, 2.24) is 5.32 Å². The molecule has 10 heteroatoms. The van der Waals surface area contributed by atoms with E-state index in [1.807, 2.05) is 0 Å². The minimum Gasteiger partial charge on any atom is -0.497 e. The van der Waals surface area contributed by atoms with E-state index in [0.29, 0.717) is 17.0 Å². The third-order valence-electron chi connectivity index (χ3n) is 3.54. The first-order valence-corrected chi connectivity index (χ1v) is 8.22. The number of nitro groups is 1. The summed E-state index contributed by atoms with van der Waals surface area (Å²) in [5, 5.41) is 28.4. The molecule has 0 spiro atoms. The molecule has 0 heterocycles. The fourth-order valence-electron chi connectivity index (χ4n) is 2.02. The maximum atomic E-state index is 12.0. The molecule has 0 aliphatic rings. The lowest BCUT2D eigenvalue weighted by Gasteiger charge is -2.04. The molecule has 2 aromatic carbocycles. The van der Waals surface area contributed by atoms with Crippen molar-refractivity contribution in [3.05, 3.63) is 76.0 Å².